The first-order chi connectivity index (χ1) is 7.75. The van der Waals surface area contributed by atoms with Gasteiger partial charge in [0.2, 0.25) is 5.91 Å². The van der Waals surface area contributed by atoms with E-state index >= 15 is 0 Å². The minimum absolute atomic E-state index is 0.0555. The monoisotopic (exact) mass is 220 g/mol. The highest BCUT2D eigenvalue weighted by Gasteiger charge is 2.18. The third-order valence-corrected chi connectivity index (χ3v) is 2.61. The number of anilines is 1. The van der Waals surface area contributed by atoms with E-state index in [0.29, 0.717) is 19.4 Å². The van der Waals surface area contributed by atoms with Gasteiger partial charge < -0.3 is 5.73 Å². The molecule has 0 atom stereocenters. The van der Waals surface area contributed by atoms with E-state index < -0.39 is 0 Å². The molecule has 1 heterocycles. The van der Waals surface area contributed by atoms with Gasteiger partial charge in [-0.15, -0.1) is 0 Å². The zero-order chi connectivity index (χ0) is 11.4. The molecule has 1 amide bonds. The molecule has 1 fully saturated rings. The molecule has 1 aromatic carbocycles. The molecule has 0 unspecified atom stereocenters. The first-order valence-corrected chi connectivity index (χ1v) is 5.53. The van der Waals surface area contributed by atoms with E-state index in [0.717, 1.165) is 24.2 Å². The Labute approximate surface area is 94.9 Å². The molecule has 86 valence electrons. The van der Waals surface area contributed by atoms with Crippen LogP contribution >= 0.6 is 0 Å². The van der Waals surface area contributed by atoms with Crippen molar-refractivity contribution in [3.8, 4) is 0 Å². The van der Waals surface area contributed by atoms with Crippen LogP contribution in [0.3, 0.4) is 0 Å². The van der Waals surface area contributed by atoms with Gasteiger partial charge in [0.1, 0.15) is 0 Å². The molecule has 2 rings (SSSR count). The average molecular weight is 220 g/mol. The second kappa shape index (κ2) is 4.99. The number of nitrogens with two attached hydrogens (primary N) is 1. The summed E-state index contributed by atoms with van der Waals surface area (Å²) >= 11 is 0. The van der Waals surface area contributed by atoms with Crippen LogP contribution in [-0.2, 0) is 16.1 Å². The third kappa shape index (κ3) is 2.73. The van der Waals surface area contributed by atoms with Gasteiger partial charge in [0.15, 0.2) is 0 Å². The maximum Gasteiger partial charge on any atom is 0.246 e. The van der Waals surface area contributed by atoms with Crippen LogP contribution in [-0.4, -0.2) is 24.1 Å². The van der Waals surface area contributed by atoms with Crippen LogP contribution in [0.4, 0.5) is 5.69 Å². The van der Waals surface area contributed by atoms with Crippen molar-refractivity contribution in [1.82, 2.24) is 5.06 Å². The second-order valence-corrected chi connectivity index (χ2v) is 3.93. The van der Waals surface area contributed by atoms with Gasteiger partial charge in [0.05, 0.1) is 13.2 Å². The van der Waals surface area contributed by atoms with Crippen molar-refractivity contribution in [2.75, 3.05) is 18.9 Å². The lowest BCUT2D eigenvalue weighted by molar-refractivity contribution is -0.168. The highest BCUT2D eigenvalue weighted by atomic mass is 16.7. The van der Waals surface area contributed by atoms with E-state index in [2.05, 4.69) is 0 Å². The molecule has 0 radical (unpaired) electrons. The third-order valence-electron chi connectivity index (χ3n) is 2.61. The number of carbonyl (C=O) groups excluding carboxylic acids is 1. The largest absolute Gasteiger partial charge is 0.399 e. The highest BCUT2D eigenvalue weighted by Crippen LogP contribution is 2.11. The summed E-state index contributed by atoms with van der Waals surface area (Å²) in [7, 11) is 0. The number of benzene rings is 1. The maximum absolute atomic E-state index is 11.7. The van der Waals surface area contributed by atoms with Gasteiger partial charge in [0, 0.05) is 12.1 Å². The summed E-state index contributed by atoms with van der Waals surface area (Å²) in [6, 6.07) is 7.63. The fourth-order valence-corrected chi connectivity index (χ4v) is 1.77. The minimum atomic E-state index is 0.0555. The molecular formula is C12H16N2O2. The molecule has 0 bridgehead atoms. The summed E-state index contributed by atoms with van der Waals surface area (Å²) in [6.45, 7) is 1.37. The standard InChI is InChI=1S/C12H16N2O2/c13-11-4-1-3-10(9-11)5-6-12(15)14-7-2-8-16-14/h1,3-4,9H,2,5-8,13H2. The number of hydrogen-bond donors (Lipinski definition) is 1. The number of aryl methyl sites for hydroxylation is 1. The zero-order valence-corrected chi connectivity index (χ0v) is 9.19. The number of rotatable bonds is 3. The van der Waals surface area contributed by atoms with Crippen LogP contribution in [0.15, 0.2) is 24.3 Å². The molecule has 1 aliphatic heterocycles. The van der Waals surface area contributed by atoms with Gasteiger partial charge in [-0.2, -0.15) is 0 Å². The molecule has 1 saturated heterocycles. The van der Waals surface area contributed by atoms with Crippen molar-refractivity contribution in [1.29, 1.82) is 0 Å². The van der Waals surface area contributed by atoms with Gasteiger partial charge >= 0.3 is 0 Å². The van der Waals surface area contributed by atoms with E-state index in [4.69, 9.17) is 10.6 Å². The molecule has 0 saturated carbocycles. The van der Waals surface area contributed by atoms with Gasteiger partial charge in [-0.3, -0.25) is 9.63 Å². The fourth-order valence-electron chi connectivity index (χ4n) is 1.77. The van der Waals surface area contributed by atoms with E-state index in [1.165, 1.54) is 5.06 Å². The van der Waals surface area contributed by atoms with Gasteiger partial charge in [0.25, 0.3) is 0 Å². The van der Waals surface area contributed by atoms with E-state index in [1.54, 1.807) is 0 Å². The predicted octanol–water partition coefficient (Wildman–Crippen LogP) is 1.37. The highest BCUT2D eigenvalue weighted by molar-refractivity contribution is 5.75. The number of carbonyl (C=O) groups is 1. The maximum atomic E-state index is 11.7. The minimum Gasteiger partial charge on any atom is -0.399 e. The molecule has 2 N–H and O–H groups in total. The molecule has 1 aromatic rings. The molecule has 0 spiro atoms. The Kier molecular flexibility index (Phi) is 3.41. The van der Waals surface area contributed by atoms with Crippen molar-refractivity contribution in [3.05, 3.63) is 29.8 Å². The van der Waals surface area contributed by atoms with E-state index in [9.17, 15) is 4.79 Å². The Balaban J connectivity index is 1.84. The Morgan fingerprint density at radius 1 is 1.50 bits per heavy atom. The van der Waals surface area contributed by atoms with Crippen molar-refractivity contribution in [3.63, 3.8) is 0 Å². The zero-order valence-electron chi connectivity index (χ0n) is 9.19. The summed E-state index contributed by atoms with van der Waals surface area (Å²) in [5, 5.41) is 1.46. The first kappa shape index (κ1) is 11.0. The quantitative estimate of drug-likeness (QED) is 0.783. The molecular weight excluding hydrogens is 204 g/mol. The Bertz CT molecular complexity index is 373. The van der Waals surface area contributed by atoms with Crippen LogP contribution in [0.1, 0.15) is 18.4 Å². The summed E-state index contributed by atoms with van der Waals surface area (Å²) in [4.78, 5) is 16.9. The van der Waals surface area contributed by atoms with Crippen LogP contribution < -0.4 is 5.73 Å². The Morgan fingerprint density at radius 3 is 3.06 bits per heavy atom. The number of amides is 1. The van der Waals surface area contributed by atoms with Gasteiger partial charge in [-0.25, -0.2) is 5.06 Å². The van der Waals surface area contributed by atoms with Crippen LogP contribution in [0.2, 0.25) is 0 Å². The lowest BCUT2D eigenvalue weighted by Gasteiger charge is -2.13. The SMILES string of the molecule is Nc1cccc(CCC(=O)N2CCCO2)c1. The van der Waals surface area contributed by atoms with E-state index in [-0.39, 0.29) is 5.91 Å². The number of nitrogen functional groups attached to an aromatic ring is 1. The second-order valence-electron chi connectivity index (χ2n) is 3.93. The normalized spacial score (nSPS) is 15.4. The topological polar surface area (TPSA) is 55.6 Å². The summed E-state index contributed by atoms with van der Waals surface area (Å²) in [5.74, 6) is 0.0555. The Hall–Kier alpha value is -1.55. The van der Waals surface area contributed by atoms with Crippen LogP contribution in [0.25, 0.3) is 0 Å². The fraction of sp³-hybridized carbons (Fsp3) is 0.417. The molecule has 4 heteroatoms. The summed E-state index contributed by atoms with van der Waals surface area (Å²) in [6.07, 6.45) is 2.12. The first-order valence-electron chi connectivity index (χ1n) is 5.53. The van der Waals surface area contributed by atoms with Gasteiger partial charge in [-0.1, -0.05) is 12.1 Å². The molecule has 0 aliphatic carbocycles. The molecule has 0 aromatic heterocycles. The summed E-state index contributed by atoms with van der Waals surface area (Å²) in [5.41, 5.74) is 7.50. The van der Waals surface area contributed by atoms with Crippen LogP contribution in [0.5, 0.6) is 0 Å². The number of hydrogen-bond acceptors (Lipinski definition) is 3. The molecule has 4 nitrogen and oxygen atoms in total. The lowest BCUT2D eigenvalue weighted by Crippen LogP contribution is -2.26. The van der Waals surface area contributed by atoms with Crippen LogP contribution in [0, 0.1) is 0 Å². The van der Waals surface area contributed by atoms with E-state index in [1.807, 2.05) is 24.3 Å². The average Bonchev–Trinajstić information content (AvgIpc) is 2.79. The molecule has 1 aliphatic rings. The number of nitrogens with zero attached hydrogens (tertiary/aromatic N) is 1. The van der Waals surface area contributed by atoms with Gasteiger partial charge in [-0.05, 0) is 30.5 Å². The lowest BCUT2D eigenvalue weighted by atomic mass is 10.1. The van der Waals surface area contributed by atoms with Crippen molar-refractivity contribution in [2.24, 2.45) is 0 Å². The van der Waals surface area contributed by atoms with Crippen molar-refractivity contribution in [2.45, 2.75) is 19.3 Å². The number of hydroxylamine groups is 2. The molecule has 16 heavy (non-hydrogen) atoms. The summed E-state index contributed by atoms with van der Waals surface area (Å²) < 4.78 is 0. The Morgan fingerprint density at radius 2 is 2.38 bits per heavy atom. The van der Waals surface area contributed by atoms with Crippen molar-refractivity contribution < 1.29 is 9.63 Å². The van der Waals surface area contributed by atoms with Crippen molar-refractivity contribution >= 4 is 11.6 Å². The predicted molar refractivity (Wildman–Crippen MR) is 61.5 cm³/mol. The smallest absolute Gasteiger partial charge is 0.246 e.